The summed E-state index contributed by atoms with van der Waals surface area (Å²) in [5, 5.41) is 9.79. The van der Waals surface area contributed by atoms with Gasteiger partial charge in [0.2, 0.25) is 0 Å². The average molecular weight is 431 g/mol. The molecule has 156 valence electrons. The van der Waals surface area contributed by atoms with Crippen molar-refractivity contribution in [2.24, 2.45) is 0 Å². The molecule has 7 nitrogen and oxygen atoms in total. The zero-order valence-electron chi connectivity index (χ0n) is 16.4. The summed E-state index contributed by atoms with van der Waals surface area (Å²) in [4.78, 5) is 24.3. The number of aryl methyl sites for hydroxylation is 1. The number of nitrogens with zero attached hydrogens (tertiary/aromatic N) is 2. The number of benzene rings is 2. The number of carbonyl (C=O) groups is 2. The summed E-state index contributed by atoms with van der Waals surface area (Å²) in [5.74, 6) is -0.635. The number of likely N-dealkylation sites (N-methyl/N-ethyl adjacent to an activating group) is 1. The van der Waals surface area contributed by atoms with Crippen LogP contribution in [0.2, 0.25) is 5.15 Å². The van der Waals surface area contributed by atoms with E-state index in [1.807, 2.05) is 6.92 Å². The highest BCUT2D eigenvalue weighted by molar-refractivity contribution is 6.34. The van der Waals surface area contributed by atoms with Gasteiger partial charge in [0.1, 0.15) is 22.3 Å². The Kier molecular flexibility index (Phi) is 6.68. The number of aromatic nitrogens is 2. The molecule has 0 saturated heterocycles. The standard InChI is InChI=1S/C21H20ClFN4O3/c1-3-24-18(28)12-30-17-6-4-5-15(11-17)25-21(29)19-13(2)26-27(20(19)22)16-9-7-14(23)8-10-16/h4-11H,3,12H2,1-2H3,(H,24,28)(H,25,29). The van der Waals surface area contributed by atoms with E-state index in [-0.39, 0.29) is 29.0 Å². The van der Waals surface area contributed by atoms with Crippen molar-refractivity contribution >= 4 is 29.1 Å². The molecule has 0 aliphatic carbocycles. The van der Waals surface area contributed by atoms with E-state index < -0.39 is 5.91 Å². The molecule has 3 rings (SSSR count). The first-order valence-corrected chi connectivity index (χ1v) is 9.58. The number of rotatable bonds is 7. The van der Waals surface area contributed by atoms with Crippen LogP contribution in [0.25, 0.3) is 5.69 Å². The summed E-state index contributed by atoms with van der Waals surface area (Å²) >= 11 is 6.39. The zero-order chi connectivity index (χ0) is 21.7. The fourth-order valence-corrected chi connectivity index (χ4v) is 3.12. The lowest BCUT2D eigenvalue weighted by Gasteiger charge is -2.09. The van der Waals surface area contributed by atoms with Crippen molar-refractivity contribution in [3.8, 4) is 11.4 Å². The highest BCUT2D eigenvalue weighted by Gasteiger charge is 2.21. The van der Waals surface area contributed by atoms with E-state index in [0.717, 1.165) is 0 Å². The molecule has 0 aliphatic rings. The Bertz CT molecular complexity index is 1070. The van der Waals surface area contributed by atoms with Crippen molar-refractivity contribution in [1.29, 1.82) is 0 Å². The van der Waals surface area contributed by atoms with Crippen molar-refractivity contribution in [2.45, 2.75) is 13.8 Å². The summed E-state index contributed by atoms with van der Waals surface area (Å²) in [5.41, 5.74) is 1.63. The first-order chi connectivity index (χ1) is 14.4. The van der Waals surface area contributed by atoms with Crippen LogP contribution in [0.5, 0.6) is 5.75 Å². The number of anilines is 1. The third-order valence-electron chi connectivity index (χ3n) is 4.14. The quantitative estimate of drug-likeness (QED) is 0.598. The molecule has 3 aromatic rings. The van der Waals surface area contributed by atoms with Crippen molar-refractivity contribution < 1.29 is 18.7 Å². The lowest BCUT2D eigenvalue weighted by atomic mass is 10.2. The predicted octanol–water partition coefficient (Wildman–Crippen LogP) is 3.74. The predicted molar refractivity (Wildman–Crippen MR) is 112 cm³/mol. The molecule has 0 fully saturated rings. The van der Waals surface area contributed by atoms with Gasteiger partial charge < -0.3 is 15.4 Å². The zero-order valence-corrected chi connectivity index (χ0v) is 17.2. The highest BCUT2D eigenvalue weighted by Crippen LogP contribution is 2.25. The van der Waals surface area contributed by atoms with Crippen LogP contribution in [0, 0.1) is 12.7 Å². The summed E-state index contributed by atoms with van der Waals surface area (Å²) in [7, 11) is 0. The average Bonchev–Trinajstić information content (AvgIpc) is 3.01. The molecule has 2 N–H and O–H groups in total. The number of carbonyl (C=O) groups excluding carboxylic acids is 2. The van der Waals surface area contributed by atoms with Gasteiger partial charge in [-0.15, -0.1) is 0 Å². The lowest BCUT2D eigenvalue weighted by Crippen LogP contribution is -2.28. The van der Waals surface area contributed by atoms with E-state index in [9.17, 15) is 14.0 Å². The van der Waals surface area contributed by atoms with Crippen LogP contribution in [0.3, 0.4) is 0 Å². The molecule has 0 spiro atoms. The van der Waals surface area contributed by atoms with Crippen LogP contribution in [0.15, 0.2) is 48.5 Å². The Morgan fingerprint density at radius 2 is 1.93 bits per heavy atom. The fraction of sp³-hybridized carbons (Fsp3) is 0.190. The Labute approximate surface area is 177 Å². The van der Waals surface area contributed by atoms with E-state index >= 15 is 0 Å². The van der Waals surface area contributed by atoms with Crippen LogP contribution >= 0.6 is 11.6 Å². The molecule has 30 heavy (non-hydrogen) atoms. The number of ether oxygens (including phenoxy) is 1. The molecule has 9 heteroatoms. The van der Waals surface area contributed by atoms with Gasteiger partial charge in [0, 0.05) is 18.3 Å². The minimum absolute atomic E-state index is 0.111. The van der Waals surface area contributed by atoms with Crippen molar-refractivity contribution in [2.75, 3.05) is 18.5 Å². The van der Waals surface area contributed by atoms with Crippen LogP contribution in [0.4, 0.5) is 10.1 Å². The monoisotopic (exact) mass is 430 g/mol. The Balaban J connectivity index is 1.76. The van der Waals surface area contributed by atoms with Gasteiger partial charge >= 0.3 is 0 Å². The van der Waals surface area contributed by atoms with Crippen LogP contribution in [-0.4, -0.2) is 34.7 Å². The normalized spacial score (nSPS) is 10.5. The van der Waals surface area contributed by atoms with Gasteiger partial charge in [-0.3, -0.25) is 9.59 Å². The molecule has 2 amide bonds. The van der Waals surface area contributed by atoms with Gasteiger partial charge in [0.05, 0.1) is 11.4 Å². The van der Waals surface area contributed by atoms with Gasteiger partial charge in [0.25, 0.3) is 11.8 Å². The molecule has 0 atom stereocenters. The smallest absolute Gasteiger partial charge is 0.260 e. The number of hydrogen-bond acceptors (Lipinski definition) is 4. The molecule has 1 heterocycles. The van der Waals surface area contributed by atoms with Crippen LogP contribution in [-0.2, 0) is 4.79 Å². The molecule has 1 aromatic heterocycles. The van der Waals surface area contributed by atoms with Crippen LogP contribution < -0.4 is 15.4 Å². The minimum Gasteiger partial charge on any atom is -0.484 e. The molecule has 0 aliphatic heterocycles. The van der Waals surface area contributed by atoms with Crippen molar-refractivity contribution in [1.82, 2.24) is 15.1 Å². The third-order valence-corrected chi connectivity index (χ3v) is 4.49. The van der Waals surface area contributed by atoms with Gasteiger partial charge in [-0.1, -0.05) is 17.7 Å². The first-order valence-electron chi connectivity index (χ1n) is 9.21. The first kappa shape index (κ1) is 21.3. The minimum atomic E-state index is -0.452. The van der Waals surface area contributed by atoms with E-state index in [1.54, 1.807) is 31.2 Å². The summed E-state index contributed by atoms with van der Waals surface area (Å²) < 4.78 is 20.0. The molecule has 0 saturated carbocycles. The topological polar surface area (TPSA) is 85.2 Å². The number of amides is 2. The number of hydrogen-bond donors (Lipinski definition) is 2. The van der Waals surface area contributed by atoms with Gasteiger partial charge in [-0.2, -0.15) is 5.10 Å². The molecular formula is C21H20ClFN4O3. The third kappa shape index (κ3) is 4.96. The van der Waals surface area contributed by atoms with E-state index in [4.69, 9.17) is 16.3 Å². The maximum absolute atomic E-state index is 13.2. The van der Waals surface area contributed by atoms with E-state index in [2.05, 4.69) is 15.7 Å². The van der Waals surface area contributed by atoms with Gasteiger partial charge in [0.15, 0.2) is 6.61 Å². The van der Waals surface area contributed by atoms with Crippen LogP contribution in [0.1, 0.15) is 23.0 Å². The van der Waals surface area contributed by atoms with E-state index in [1.165, 1.54) is 28.9 Å². The van der Waals surface area contributed by atoms with Gasteiger partial charge in [-0.05, 0) is 50.2 Å². The molecule has 0 bridgehead atoms. The van der Waals surface area contributed by atoms with E-state index in [0.29, 0.717) is 29.4 Å². The Hall–Kier alpha value is -3.39. The molecular weight excluding hydrogens is 411 g/mol. The summed E-state index contributed by atoms with van der Waals surface area (Å²) in [6.07, 6.45) is 0. The second-order valence-electron chi connectivity index (χ2n) is 6.36. The Morgan fingerprint density at radius 3 is 2.63 bits per heavy atom. The van der Waals surface area contributed by atoms with Crippen molar-refractivity contribution in [3.63, 3.8) is 0 Å². The number of nitrogens with one attached hydrogen (secondary N) is 2. The highest BCUT2D eigenvalue weighted by atomic mass is 35.5. The summed E-state index contributed by atoms with van der Waals surface area (Å²) in [6, 6.07) is 12.3. The number of halogens is 2. The molecule has 2 aromatic carbocycles. The summed E-state index contributed by atoms with van der Waals surface area (Å²) in [6.45, 7) is 3.87. The maximum Gasteiger partial charge on any atom is 0.260 e. The fourth-order valence-electron chi connectivity index (χ4n) is 2.76. The van der Waals surface area contributed by atoms with Gasteiger partial charge in [-0.25, -0.2) is 9.07 Å². The second kappa shape index (κ2) is 9.41. The lowest BCUT2D eigenvalue weighted by molar-refractivity contribution is -0.122. The molecule has 0 unspecified atom stereocenters. The second-order valence-corrected chi connectivity index (χ2v) is 6.72. The van der Waals surface area contributed by atoms with Crippen molar-refractivity contribution in [3.05, 3.63) is 70.8 Å². The Morgan fingerprint density at radius 1 is 1.20 bits per heavy atom. The SMILES string of the molecule is CCNC(=O)COc1cccc(NC(=O)c2c(C)nn(-c3ccc(F)cc3)c2Cl)c1. The maximum atomic E-state index is 13.2. The largest absolute Gasteiger partial charge is 0.484 e. The molecule has 0 radical (unpaired) electrons.